The van der Waals surface area contributed by atoms with E-state index in [1.54, 1.807) is 17.0 Å². The van der Waals surface area contributed by atoms with Gasteiger partial charge in [0.15, 0.2) is 75.7 Å². The molecule has 20 rings (SSSR count). The summed E-state index contributed by atoms with van der Waals surface area (Å²) in [6, 6.07) is 51.0. The highest BCUT2D eigenvalue weighted by Gasteiger charge is 2.39. The van der Waals surface area contributed by atoms with E-state index in [2.05, 4.69) is 143 Å². The van der Waals surface area contributed by atoms with E-state index in [-0.39, 0.29) is 69.0 Å². The van der Waals surface area contributed by atoms with E-state index >= 15 is 0 Å². The van der Waals surface area contributed by atoms with Gasteiger partial charge in [-0.25, -0.2) is 24.9 Å². The average molecular weight is 1740 g/mol. The van der Waals surface area contributed by atoms with Crippen LogP contribution in [0.15, 0.2) is 213 Å². The molecule has 3 aliphatic heterocycles. The number of H-pyrrole nitrogens is 4. The van der Waals surface area contributed by atoms with E-state index in [1.807, 2.05) is 97.1 Å². The van der Waals surface area contributed by atoms with Crippen LogP contribution in [0.25, 0.3) is 95.0 Å². The van der Waals surface area contributed by atoms with Gasteiger partial charge in [-0.15, -0.1) is 40.8 Å². The number of hydrogen-bond acceptors (Lipinski definition) is 24. The number of halogens is 12. The van der Waals surface area contributed by atoms with Crippen molar-refractivity contribution in [3.8, 4) is 51.4 Å². The van der Waals surface area contributed by atoms with Crippen LogP contribution in [0.5, 0.6) is 0 Å². The number of rotatable bonds is 16. The van der Waals surface area contributed by atoms with Crippen molar-refractivity contribution < 1.29 is 52.7 Å². The minimum Gasteiger partial charge on any atom is -0.352 e. The summed E-state index contributed by atoms with van der Waals surface area (Å²) in [5, 5.41) is 84.9. The van der Waals surface area contributed by atoms with Gasteiger partial charge in [0.05, 0.1) is 44.3 Å². The summed E-state index contributed by atoms with van der Waals surface area (Å²) >= 11 is 0. The summed E-state index contributed by atoms with van der Waals surface area (Å²) in [6.07, 6.45) is -7.00. The smallest absolute Gasteiger partial charge is 0.352 e. The zero-order chi connectivity index (χ0) is 87.8. The van der Waals surface area contributed by atoms with Crippen molar-refractivity contribution >= 4 is 96.0 Å². The van der Waals surface area contributed by atoms with Crippen molar-refractivity contribution in [3.05, 3.63) is 246 Å². The van der Waals surface area contributed by atoms with Gasteiger partial charge in [-0.2, -0.15) is 73.1 Å². The lowest BCUT2D eigenvalue weighted by Crippen LogP contribution is -2.31. The first kappa shape index (κ1) is 84.2. The molecule has 0 atom stereocenters. The number of imidazole rings is 1. The fourth-order valence-corrected chi connectivity index (χ4v) is 15.1. The van der Waals surface area contributed by atoms with Gasteiger partial charge in [0.25, 0.3) is 0 Å². The van der Waals surface area contributed by atoms with Crippen LogP contribution < -0.4 is 36.8 Å². The van der Waals surface area contributed by atoms with Crippen molar-refractivity contribution in [2.24, 2.45) is 0 Å². The zero-order valence-corrected chi connectivity index (χ0v) is 66.6. The molecule has 8 aromatic carbocycles. The van der Waals surface area contributed by atoms with Crippen LogP contribution in [0.3, 0.4) is 0 Å². The molecule has 0 radical (unpaired) electrons. The standard InChI is InChI=1S/3C22H20F3N7.C20H13F3N8/c23-22(24,25)16-10-4-2-8-14(16)18-26-20(21(31-30-18)32-12-6-1-7-13-32)27-19-15-9-3-5-11-17(15)28-29-19;2*23-22(24,25)16-7-3-1-5-14(16)19-27-21(18(30-32-19)13-9-11-26-12-10-13)28-20-15-6-2-4-8-17(15)29-31-20;21-20(22,23)14-7-3-1-5-12(14)16-25-18(19(30-29-16)31-10-9-24-11-31)26-17-13-6-2-4-8-15(13)27-28-17/h2-5,8-11H,1,6-7,12-13H2,(H2,26,27,28,29,30);2*1-8,13,26H,9-12H2,(H2,27,28,29,31,32);1-11H,(H2,25,26,27,28,29). The number of nitrogens with one attached hydrogen (secondary N) is 10. The third-order valence-electron chi connectivity index (χ3n) is 21.3. The summed E-state index contributed by atoms with van der Waals surface area (Å²) in [6.45, 7) is 4.88. The second kappa shape index (κ2) is 36.4. The van der Waals surface area contributed by atoms with Crippen molar-refractivity contribution in [1.82, 2.24) is 122 Å². The summed E-state index contributed by atoms with van der Waals surface area (Å²) < 4.78 is 164. The van der Waals surface area contributed by atoms with Crippen LogP contribution in [-0.4, -0.2) is 150 Å². The Bertz CT molecular complexity index is 6220. The highest BCUT2D eigenvalue weighted by molar-refractivity contribution is 5.95. The number of aromatic nitrogens is 22. The third-order valence-corrected chi connectivity index (χ3v) is 21.3. The molecule has 3 saturated heterocycles. The summed E-state index contributed by atoms with van der Waals surface area (Å²) in [5.41, 5.74) is 0.802. The maximum absolute atomic E-state index is 13.6. The van der Waals surface area contributed by atoms with Crippen LogP contribution in [0.4, 0.5) is 105 Å². The highest BCUT2D eigenvalue weighted by Crippen LogP contribution is 2.44. The maximum atomic E-state index is 13.6. The summed E-state index contributed by atoms with van der Waals surface area (Å²) in [7, 11) is 0. The Morgan fingerprint density at radius 3 is 0.929 bits per heavy atom. The Morgan fingerprint density at radius 2 is 0.598 bits per heavy atom. The van der Waals surface area contributed by atoms with E-state index < -0.39 is 47.0 Å². The number of para-hydroxylation sites is 4. The molecular formula is C86H73F12N29. The molecule has 0 aliphatic carbocycles. The van der Waals surface area contributed by atoms with Crippen LogP contribution >= 0.6 is 0 Å². The SMILES string of the molecule is FC(F)(F)c1ccccc1-c1nnc(-n2ccnc2)c(Nc2n[nH]c3ccccc23)n1.FC(F)(F)c1ccccc1-c1nnc(C2CCNCC2)c(Nc2n[nH]c3ccccc23)n1.FC(F)(F)c1ccccc1-c1nnc(C2CCNCC2)c(Nc2n[nH]c3ccccc23)n1.FC(F)(F)c1ccccc1-c1nnc(N2CCCCC2)c(Nc2n[nH]c3ccccc23)n1. The van der Waals surface area contributed by atoms with Gasteiger partial charge >= 0.3 is 24.7 Å². The van der Waals surface area contributed by atoms with Crippen LogP contribution in [0.2, 0.25) is 0 Å². The topological polar surface area (TPSA) is 363 Å². The first-order valence-electron chi connectivity index (χ1n) is 40.1. The van der Waals surface area contributed by atoms with Crippen LogP contribution in [-0.2, 0) is 24.7 Å². The Balaban J connectivity index is 0.000000119. The quantitative estimate of drug-likeness (QED) is 0.0402. The molecule has 12 heterocycles. The molecule has 646 valence electrons. The molecule has 9 aromatic heterocycles. The number of aromatic amines is 4. The van der Waals surface area contributed by atoms with Gasteiger partial charge in [0, 0.05) is 81.1 Å². The van der Waals surface area contributed by atoms with Gasteiger partial charge in [-0.05, 0) is 144 Å². The Morgan fingerprint density at radius 1 is 0.307 bits per heavy atom. The zero-order valence-electron chi connectivity index (χ0n) is 66.6. The van der Waals surface area contributed by atoms with Crippen molar-refractivity contribution in [1.29, 1.82) is 0 Å². The number of hydrogen-bond donors (Lipinski definition) is 10. The first-order valence-corrected chi connectivity index (χ1v) is 40.1. The predicted octanol–water partition coefficient (Wildman–Crippen LogP) is 18.8. The second-order valence-electron chi connectivity index (χ2n) is 29.6. The molecular weight excluding hydrogens is 1670 g/mol. The fourth-order valence-electron chi connectivity index (χ4n) is 15.1. The van der Waals surface area contributed by atoms with Crippen molar-refractivity contribution in [2.75, 3.05) is 65.4 Å². The molecule has 3 aliphatic rings. The lowest BCUT2D eigenvalue weighted by molar-refractivity contribution is -0.137. The Kier molecular flexibility index (Phi) is 24.1. The molecule has 3 fully saturated rings. The lowest BCUT2D eigenvalue weighted by atomic mass is 9.94. The number of benzene rings is 8. The molecule has 10 N–H and O–H groups in total. The van der Waals surface area contributed by atoms with Gasteiger partial charge in [0.1, 0.15) is 17.7 Å². The van der Waals surface area contributed by atoms with Gasteiger partial charge < -0.3 is 36.8 Å². The summed E-state index contributed by atoms with van der Waals surface area (Å²) in [5.74, 6) is 3.81. The van der Waals surface area contributed by atoms with E-state index in [0.717, 1.165) is 152 Å². The molecule has 0 bridgehead atoms. The minimum absolute atomic E-state index is 0.0852. The number of alkyl halides is 12. The molecule has 0 unspecified atom stereocenters. The van der Waals surface area contributed by atoms with Gasteiger partial charge in [-0.1, -0.05) is 121 Å². The molecule has 0 saturated carbocycles. The number of nitrogens with zero attached hydrogens (tertiary/aromatic N) is 19. The number of fused-ring (bicyclic) bond motifs is 4. The van der Waals surface area contributed by atoms with Gasteiger partial charge in [0.2, 0.25) is 5.82 Å². The van der Waals surface area contributed by atoms with Gasteiger partial charge in [-0.3, -0.25) is 25.0 Å². The first-order chi connectivity index (χ1) is 61.5. The van der Waals surface area contributed by atoms with E-state index in [9.17, 15) is 52.7 Å². The molecule has 17 aromatic rings. The van der Waals surface area contributed by atoms with E-state index in [4.69, 9.17) is 0 Å². The molecule has 127 heavy (non-hydrogen) atoms. The molecule has 29 nitrogen and oxygen atoms in total. The van der Waals surface area contributed by atoms with Crippen LogP contribution in [0.1, 0.15) is 90.4 Å². The second-order valence-corrected chi connectivity index (χ2v) is 29.6. The van der Waals surface area contributed by atoms with Crippen LogP contribution in [0, 0.1) is 0 Å². The minimum atomic E-state index is -4.56. The Labute approximate surface area is 712 Å². The average Bonchev–Trinajstić information content (AvgIpc) is 1.59. The molecule has 41 heteroatoms. The van der Waals surface area contributed by atoms with Crippen molar-refractivity contribution in [3.63, 3.8) is 0 Å². The number of anilines is 9. The monoisotopic (exact) mass is 1740 g/mol. The largest absolute Gasteiger partial charge is 0.417 e. The van der Waals surface area contributed by atoms with Crippen molar-refractivity contribution in [2.45, 2.75) is 81.5 Å². The Hall–Kier alpha value is -15.0. The number of piperidine rings is 3. The van der Waals surface area contributed by atoms with E-state index in [1.165, 1.54) is 79.1 Å². The predicted molar refractivity (Wildman–Crippen MR) is 451 cm³/mol. The normalized spacial score (nSPS) is 14.2. The fraction of sp³-hybridized carbons (Fsp3) is 0.221. The third kappa shape index (κ3) is 18.9. The highest BCUT2D eigenvalue weighted by atomic mass is 19.4. The molecule has 0 amide bonds. The summed E-state index contributed by atoms with van der Waals surface area (Å²) in [4.78, 5) is 23.9. The lowest BCUT2D eigenvalue weighted by Gasteiger charge is -2.28. The van der Waals surface area contributed by atoms with E-state index in [0.29, 0.717) is 57.9 Å². The molecule has 0 spiro atoms. The maximum Gasteiger partial charge on any atom is 0.417 e.